The monoisotopic (exact) mass is 205 g/mol. The Hall–Kier alpha value is -1.28. The Kier molecular flexibility index (Phi) is 4.91. The third-order valence-electron chi connectivity index (χ3n) is 2.37. The number of hydrogen-bond donors (Lipinski definition) is 1. The highest BCUT2D eigenvalue weighted by molar-refractivity contribution is 5.51. The van der Waals surface area contributed by atoms with Crippen LogP contribution in [0.1, 0.15) is 25.3 Å². The molecule has 15 heavy (non-hydrogen) atoms. The molecule has 1 aromatic carbocycles. The zero-order valence-corrected chi connectivity index (χ0v) is 9.44. The summed E-state index contributed by atoms with van der Waals surface area (Å²) in [4.78, 5) is 0. The Balaban J connectivity index is 2.56. The summed E-state index contributed by atoms with van der Waals surface area (Å²) >= 11 is 0. The van der Waals surface area contributed by atoms with Gasteiger partial charge in [0.15, 0.2) is 0 Å². The summed E-state index contributed by atoms with van der Waals surface area (Å²) in [6.07, 6.45) is 6.14. The van der Waals surface area contributed by atoms with E-state index in [2.05, 4.69) is 25.1 Å². The van der Waals surface area contributed by atoms with Crippen molar-refractivity contribution in [2.45, 2.75) is 25.8 Å². The van der Waals surface area contributed by atoms with Crippen LogP contribution in [0.4, 0.5) is 0 Å². The van der Waals surface area contributed by atoms with E-state index in [0.717, 1.165) is 24.2 Å². The van der Waals surface area contributed by atoms with Crippen LogP contribution in [0.5, 0.6) is 5.75 Å². The van der Waals surface area contributed by atoms with Crippen molar-refractivity contribution in [2.24, 2.45) is 5.73 Å². The highest BCUT2D eigenvalue weighted by Gasteiger charge is 1.94. The van der Waals surface area contributed by atoms with Crippen molar-refractivity contribution < 1.29 is 4.74 Å². The van der Waals surface area contributed by atoms with Crippen LogP contribution >= 0.6 is 0 Å². The van der Waals surface area contributed by atoms with Gasteiger partial charge in [0.25, 0.3) is 0 Å². The first-order chi connectivity index (χ1) is 7.26. The molecule has 0 amide bonds. The van der Waals surface area contributed by atoms with Crippen molar-refractivity contribution in [2.75, 3.05) is 7.11 Å². The maximum atomic E-state index is 5.82. The van der Waals surface area contributed by atoms with Gasteiger partial charge in [-0.05, 0) is 30.5 Å². The molecule has 1 atom stereocenters. The minimum atomic E-state index is 0.270. The van der Waals surface area contributed by atoms with E-state index in [1.165, 1.54) is 0 Å². The molecule has 0 heterocycles. The fourth-order valence-electron chi connectivity index (χ4n) is 1.29. The molecule has 0 fully saturated rings. The lowest BCUT2D eigenvalue weighted by Crippen LogP contribution is -2.16. The predicted octanol–water partition coefficient (Wildman–Crippen LogP) is 2.84. The van der Waals surface area contributed by atoms with E-state index >= 15 is 0 Å². The molecule has 0 aliphatic heterocycles. The van der Waals surface area contributed by atoms with E-state index < -0.39 is 0 Å². The standard InChI is InChI=1S/C13H19NO/c1-3-12(14)8-4-6-11-7-5-9-13(10-11)15-2/h4-7,9-10,12H,3,8,14H2,1-2H3. The minimum absolute atomic E-state index is 0.270. The van der Waals surface area contributed by atoms with E-state index in [1.54, 1.807) is 7.11 Å². The van der Waals surface area contributed by atoms with Crippen LogP contribution in [0.2, 0.25) is 0 Å². The third-order valence-corrected chi connectivity index (χ3v) is 2.37. The highest BCUT2D eigenvalue weighted by Crippen LogP contribution is 2.14. The average Bonchev–Trinajstić information content (AvgIpc) is 2.29. The maximum absolute atomic E-state index is 5.82. The smallest absolute Gasteiger partial charge is 0.119 e. The van der Waals surface area contributed by atoms with E-state index in [-0.39, 0.29) is 6.04 Å². The number of ether oxygens (including phenoxy) is 1. The van der Waals surface area contributed by atoms with Crippen LogP contribution in [0.25, 0.3) is 6.08 Å². The quantitative estimate of drug-likeness (QED) is 0.802. The molecule has 2 N–H and O–H groups in total. The van der Waals surface area contributed by atoms with Crippen molar-refractivity contribution in [1.29, 1.82) is 0 Å². The molecule has 0 aromatic heterocycles. The van der Waals surface area contributed by atoms with Crippen LogP contribution < -0.4 is 10.5 Å². The molecule has 0 radical (unpaired) electrons. The lowest BCUT2D eigenvalue weighted by atomic mass is 10.1. The molecule has 1 aromatic rings. The summed E-state index contributed by atoms with van der Waals surface area (Å²) in [5.74, 6) is 0.886. The first kappa shape index (κ1) is 11.8. The summed E-state index contributed by atoms with van der Waals surface area (Å²) in [7, 11) is 1.68. The number of nitrogens with two attached hydrogens (primary N) is 1. The van der Waals surface area contributed by atoms with E-state index in [9.17, 15) is 0 Å². The van der Waals surface area contributed by atoms with Gasteiger partial charge in [0.05, 0.1) is 7.11 Å². The Labute approximate surface area is 91.7 Å². The van der Waals surface area contributed by atoms with Crippen molar-refractivity contribution in [1.82, 2.24) is 0 Å². The zero-order valence-electron chi connectivity index (χ0n) is 9.44. The van der Waals surface area contributed by atoms with Crippen LogP contribution in [0, 0.1) is 0 Å². The van der Waals surface area contributed by atoms with Crippen molar-refractivity contribution in [3.63, 3.8) is 0 Å². The summed E-state index contributed by atoms with van der Waals surface area (Å²) in [5, 5.41) is 0. The second-order valence-corrected chi connectivity index (χ2v) is 3.58. The Morgan fingerprint density at radius 1 is 1.47 bits per heavy atom. The molecule has 2 heteroatoms. The molecule has 2 nitrogen and oxygen atoms in total. The van der Waals surface area contributed by atoms with Crippen LogP contribution in [-0.4, -0.2) is 13.2 Å². The fourth-order valence-corrected chi connectivity index (χ4v) is 1.29. The predicted molar refractivity (Wildman–Crippen MR) is 64.9 cm³/mol. The molecule has 0 aliphatic rings. The molecule has 0 bridgehead atoms. The van der Waals surface area contributed by atoms with E-state index in [4.69, 9.17) is 10.5 Å². The van der Waals surface area contributed by atoms with Gasteiger partial charge in [-0.1, -0.05) is 31.2 Å². The Bertz CT molecular complexity index is 320. The molecule has 82 valence electrons. The number of hydrogen-bond acceptors (Lipinski definition) is 2. The van der Waals surface area contributed by atoms with Gasteiger partial charge >= 0.3 is 0 Å². The van der Waals surface area contributed by atoms with Gasteiger partial charge in [0.2, 0.25) is 0 Å². The van der Waals surface area contributed by atoms with Gasteiger partial charge in [-0.3, -0.25) is 0 Å². The maximum Gasteiger partial charge on any atom is 0.119 e. The topological polar surface area (TPSA) is 35.2 Å². The van der Waals surface area contributed by atoms with Crippen LogP contribution in [0.15, 0.2) is 30.3 Å². The lowest BCUT2D eigenvalue weighted by molar-refractivity contribution is 0.414. The van der Waals surface area contributed by atoms with Gasteiger partial charge in [-0.15, -0.1) is 0 Å². The average molecular weight is 205 g/mol. The van der Waals surface area contributed by atoms with Gasteiger partial charge in [-0.2, -0.15) is 0 Å². The summed E-state index contributed by atoms with van der Waals surface area (Å²) < 4.78 is 5.14. The van der Waals surface area contributed by atoms with E-state index in [0.29, 0.717) is 0 Å². The normalized spacial score (nSPS) is 13.0. The highest BCUT2D eigenvalue weighted by atomic mass is 16.5. The molecular weight excluding hydrogens is 186 g/mol. The van der Waals surface area contributed by atoms with E-state index in [1.807, 2.05) is 18.2 Å². The molecule has 0 saturated heterocycles. The first-order valence-corrected chi connectivity index (χ1v) is 5.32. The SMILES string of the molecule is CCC(N)CC=Cc1cccc(OC)c1. The van der Waals surface area contributed by atoms with Crippen LogP contribution in [-0.2, 0) is 0 Å². The van der Waals surface area contributed by atoms with Crippen molar-refractivity contribution in [3.8, 4) is 5.75 Å². The first-order valence-electron chi connectivity index (χ1n) is 5.32. The van der Waals surface area contributed by atoms with Gasteiger partial charge in [0.1, 0.15) is 5.75 Å². The largest absolute Gasteiger partial charge is 0.497 e. The van der Waals surface area contributed by atoms with Crippen LogP contribution in [0.3, 0.4) is 0 Å². The molecule has 0 spiro atoms. The molecule has 0 saturated carbocycles. The Morgan fingerprint density at radius 2 is 2.27 bits per heavy atom. The number of benzene rings is 1. The molecule has 0 aliphatic carbocycles. The fraction of sp³-hybridized carbons (Fsp3) is 0.385. The molecule has 1 unspecified atom stereocenters. The van der Waals surface area contributed by atoms with Gasteiger partial charge < -0.3 is 10.5 Å². The summed E-state index contributed by atoms with van der Waals surface area (Å²) in [6, 6.07) is 8.25. The summed E-state index contributed by atoms with van der Waals surface area (Å²) in [5.41, 5.74) is 6.97. The van der Waals surface area contributed by atoms with Crippen molar-refractivity contribution >= 4 is 6.08 Å². The second-order valence-electron chi connectivity index (χ2n) is 3.58. The third kappa shape index (κ3) is 4.17. The molecule has 1 rings (SSSR count). The zero-order chi connectivity index (χ0) is 11.1. The number of rotatable bonds is 5. The van der Waals surface area contributed by atoms with Gasteiger partial charge in [-0.25, -0.2) is 0 Å². The number of methoxy groups -OCH3 is 1. The second kappa shape index (κ2) is 6.25. The Morgan fingerprint density at radius 3 is 2.93 bits per heavy atom. The van der Waals surface area contributed by atoms with Crippen molar-refractivity contribution in [3.05, 3.63) is 35.9 Å². The minimum Gasteiger partial charge on any atom is -0.497 e. The van der Waals surface area contributed by atoms with Gasteiger partial charge in [0, 0.05) is 6.04 Å². The summed E-state index contributed by atoms with van der Waals surface area (Å²) in [6.45, 7) is 2.10. The lowest BCUT2D eigenvalue weighted by Gasteiger charge is -2.03. The molecular formula is C13H19NO.